The summed E-state index contributed by atoms with van der Waals surface area (Å²) in [7, 11) is 0. The number of aryl methyl sites for hydroxylation is 1. The lowest BCUT2D eigenvalue weighted by atomic mass is 9.98. The van der Waals surface area contributed by atoms with Crippen molar-refractivity contribution in [2.75, 3.05) is 6.26 Å². The molecule has 0 saturated carbocycles. The lowest BCUT2D eigenvalue weighted by molar-refractivity contribution is 0.0697. The second-order valence-corrected chi connectivity index (χ2v) is 4.90. The second-order valence-electron chi connectivity index (χ2n) is 4.05. The molecule has 0 spiro atoms. The highest BCUT2D eigenvalue weighted by Crippen LogP contribution is 2.32. The topological polar surface area (TPSA) is 37.3 Å². The summed E-state index contributed by atoms with van der Waals surface area (Å²) in [6.07, 6.45) is 1.99. The zero-order valence-electron chi connectivity index (χ0n) is 10.3. The highest BCUT2D eigenvalue weighted by Gasteiger charge is 2.13. The van der Waals surface area contributed by atoms with Crippen LogP contribution in [0.5, 0.6) is 0 Å². The molecule has 0 amide bonds. The van der Waals surface area contributed by atoms with Crippen molar-refractivity contribution in [3.63, 3.8) is 0 Å². The lowest BCUT2D eigenvalue weighted by Gasteiger charge is -2.11. The molecule has 1 N–H and O–H groups in total. The van der Waals surface area contributed by atoms with E-state index in [1.807, 2.05) is 49.6 Å². The van der Waals surface area contributed by atoms with Crippen molar-refractivity contribution in [1.29, 1.82) is 0 Å². The first-order chi connectivity index (χ1) is 8.63. The molecule has 0 radical (unpaired) electrons. The molecule has 0 atom stereocenters. The summed E-state index contributed by atoms with van der Waals surface area (Å²) in [4.78, 5) is 12.4. The molecule has 18 heavy (non-hydrogen) atoms. The number of rotatable bonds is 3. The standard InChI is InChI=1S/C15H14O2S/c1-10-7-8-11(13(9-10)15(16)17)12-5-3-4-6-14(12)18-2/h3-9H,1-2H3,(H,16,17). The Hall–Kier alpha value is -1.74. The predicted molar refractivity (Wildman–Crippen MR) is 75.4 cm³/mol. The predicted octanol–water partition coefficient (Wildman–Crippen LogP) is 4.08. The van der Waals surface area contributed by atoms with Crippen LogP contribution >= 0.6 is 11.8 Å². The van der Waals surface area contributed by atoms with Gasteiger partial charge in [0.1, 0.15) is 0 Å². The van der Waals surface area contributed by atoms with Crippen LogP contribution in [0.15, 0.2) is 47.4 Å². The Bertz CT molecular complexity index is 591. The Balaban J connectivity index is 2.67. The number of hydrogen-bond acceptors (Lipinski definition) is 2. The van der Waals surface area contributed by atoms with Gasteiger partial charge in [0.15, 0.2) is 0 Å². The van der Waals surface area contributed by atoms with E-state index in [9.17, 15) is 9.90 Å². The molecule has 0 aromatic heterocycles. The number of thioether (sulfide) groups is 1. The van der Waals surface area contributed by atoms with Gasteiger partial charge in [-0.25, -0.2) is 4.79 Å². The van der Waals surface area contributed by atoms with Crippen LogP contribution < -0.4 is 0 Å². The molecular weight excluding hydrogens is 244 g/mol. The average molecular weight is 258 g/mol. The summed E-state index contributed by atoms with van der Waals surface area (Å²) in [6.45, 7) is 1.90. The molecule has 92 valence electrons. The summed E-state index contributed by atoms with van der Waals surface area (Å²) in [5.41, 5.74) is 3.06. The van der Waals surface area contributed by atoms with Gasteiger partial charge in [-0.05, 0) is 36.4 Å². The van der Waals surface area contributed by atoms with Crippen molar-refractivity contribution >= 4 is 17.7 Å². The molecule has 0 heterocycles. The number of aromatic carboxylic acids is 1. The Morgan fingerprint density at radius 2 is 1.83 bits per heavy atom. The number of benzene rings is 2. The quantitative estimate of drug-likeness (QED) is 0.843. The van der Waals surface area contributed by atoms with E-state index in [1.54, 1.807) is 17.8 Å². The van der Waals surface area contributed by atoms with E-state index in [1.165, 1.54) is 0 Å². The Morgan fingerprint density at radius 1 is 1.11 bits per heavy atom. The van der Waals surface area contributed by atoms with E-state index in [2.05, 4.69) is 0 Å². The summed E-state index contributed by atoms with van der Waals surface area (Å²) < 4.78 is 0. The first-order valence-electron chi connectivity index (χ1n) is 5.61. The normalized spacial score (nSPS) is 10.3. The summed E-state index contributed by atoms with van der Waals surface area (Å²) >= 11 is 1.62. The van der Waals surface area contributed by atoms with Gasteiger partial charge in [0.2, 0.25) is 0 Å². The molecule has 3 heteroatoms. The van der Waals surface area contributed by atoms with Crippen LogP contribution in [0.4, 0.5) is 0 Å². The first kappa shape index (κ1) is 12.7. The highest BCUT2D eigenvalue weighted by molar-refractivity contribution is 7.98. The molecule has 0 unspecified atom stereocenters. The first-order valence-corrected chi connectivity index (χ1v) is 6.83. The fourth-order valence-corrected chi connectivity index (χ4v) is 2.55. The van der Waals surface area contributed by atoms with Crippen molar-refractivity contribution in [2.45, 2.75) is 11.8 Å². The van der Waals surface area contributed by atoms with Crippen LogP contribution in [0.3, 0.4) is 0 Å². The minimum Gasteiger partial charge on any atom is -0.478 e. The summed E-state index contributed by atoms with van der Waals surface area (Å²) in [5, 5.41) is 9.31. The van der Waals surface area contributed by atoms with Crippen LogP contribution in [-0.2, 0) is 0 Å². The molecule has 2 aromatic rings. The van der Waals surface area contributed by atoms with Gasteiger partial charge in [-0.2, -0.15) is 0 Å². The Kier molecular flexibility index (Phi) is 3.72. The Morgan fingerprint density at radius 3 is 2.50 bits per heavy atom. The van der Waals surface area contributed by atoms with Crippen molar-refractivity contribution in [3.05, 3.63) is 53.6 Å². The third-order valence-electron chi connectivity index (χ3n) is 2.80. The van der Waals surface area contributed by atoms with Gasteiger partial charge in [0.05, 0.1) is 5.56 Å². The van der Waals surface area contributed by atoms with Crippen molar-refractivity contribution in [2.24, 2.45) is 0 Å². The van der Waals surface area contributed by atoms with Crippen LogP contribution in [-0.4, -0.2) is 17.3 Å². The van der Waals surface area contributed by atoms with E-state index < -0.39 is 5.97 Å². The fraction of sp³-hybridized carbons (Fsp3) is 0.133. The van der Waals surface area contributed by atoms with Crippen LogP contribution in [0, 0.1) is 6.92 Å². The molecule has 0 aliphatic carbocycles. The molecule has 0 saturated heterocycles. The SMILES string of the molecule is CSc1ccccc1-c1ccc(C)cc1C(=O)O. The van der Waals surface area contributed by atoms with Crippen LogP contribution in [0.1, 0.15) is 15.9 Å². The summed E-state index contributed by atoms with van der Waals surface area (Å²) in [5.74, 6) is -0.885. The average Bonchev–Trinajstić information content (AvgIpc) is 2.38. The van der Waals surface area contributed by atoms with Gasteiger partial charge in [0, 0.05) is 4.90 Å². The molecular formula is C15H14O2S. The number of hydrogen-bond donors (Lipinski definition) is 1. The second kappa shape index (κ2) is 5.27. The minimum absolute atomic E-state index is 0.358. The Labute approximate surface area is 111 Å². The van der Waals surface area contributed by atoms with Crippen molar-refractivity contribution in [1.82, 2.24) is 0 Å². The highest BCUT2D eigenvalue weighted by atomic mass is 32.2. The maximum absolute atomic E-state index is 11.3. The molecule has 2 rings (SSSR count). The van der Waals surface area contributed by atoms with E-state index in [0.717, 1.165) is 21.6 Å². The molecule has 0 aliphatic rings. The maximum Gasteiger partial charge on any atom is 0.336 e. The van der Waals surface area contributed by atoms with Gasteiger partial charge in [-0.3, -0.25) is 0 Å². The van der Waals surface area contributed by atoms with Crippen LogP contribution in [0.25, 0.3) is 11.1 Å². The largest absolute Gasteiger partial charge is 0.478 e. The van der Waals surface area contributed by atoms with Gasteiger partial charge >= 0.3 is 5.97 Å². The van der Waals surface area contributed by atoms with Crippen molar-refractivity contribution in [3.8, 4) is 11.1 Å². The third-order valence-corrected chi connectivity index (χ3v) is 3.60. The van der Waals surface area contributed by atoms with Gasteiger partial charge in [-0.15, -0.1) is 11.8 Å². The number of carbonyl (C=O) groups is 1. The van der Waals surface area contributed by atoms with E-state index >= 15 is 0 Å². The summed E-state index contributed by atoms with van der Waals surface area (Å²) in [6, 6.07) is 13.4. The number of carboxylic acid groups (broad SMARTS) is 1. The molecule has 0 aliphatic heterocycles. The van der Waals surface area contributed by atoms with E-state index in [0.29, 0.717) is 5.56 Å². The lowest BCUT2D eigenvalue weighted by Crippen LogP contribution is -2.00. The van der Waals surface area contributed by atoms with Crippen LogP contribution in [0.2, 0.25) is 0 Å². The monoisotopic (exact) mass is 258 g/mol. The molecule has 2 nitrogen and oxygen atoms in total. The van der Waals surface area contributed by atoms with Gasteiger partial charge in [-0.1, -0.05) is 35.9 Å². The van der Waals surface area contributed by atoms with Gasteiger partial charge < -0.3 is 5.11 Å². The fourth-order valence-electron chi connectivity index (χ4n) is 1.94. The molecule has 0 fully saturated rings. The molecule has 2 aromatic carbocycles. The van der Waals surface area contributed by atoms with E-state index in [-0.39, 0.29) is 0 Å². The zero-order valence-corrected chi connectivity index (χ0v) is 11.1. The van der Waals surface area contributed by atoms with E-state index in [4.69, 9.17) is 0 Å². The maximum atomic E-state index is 11.3. The zero-order chi connectivity index (χ0) is 13.1. The number of carboxylic acids is 1. The van der Waals surface area contributed by atoms with Crippen molar-refractivity contribution < 1.29 is 9.90 Å². The molecule has 0 bridgehead atoms. The minimum atomic E-state index is -0.885. The smallest absolute Gasteiger partial charge is 0.336 e. The third kappa shape index (κ3) is 2.41. The van der Waals surface area contributed by atoms with Gasteiger partial charge in [0.25, 0.3) is 0 Å².